The number of carbonyl (C=O) groups excluding carboxylic acids is 2. The first kappa shape index (κ1) is 26.6. The third-order valence-corrected chi connectivity index (χ3v) is 8.63. The van der Waals surface area contributed by atoms with E-state index in [2.05, 4.69) is 29.9 Å². The number of ketones is 1. The summed E-state index contributed by atoms with van der Waals surface area (Å²) in [5, 5.41) is 4.45. The maximum Gasteiger partial charge on any atom is 0.241 e. The van der Waals surface area contributed by atoms with Crippen LogP contribution in [0.4, 0.5) is 5.82 Å². The molecule has 11 heteroatoms. The van der Waals surface area contributed by atoms with Crippen LogP contribution in [0.15, 0.2) is 83.1 Å². The van der Waals surface area contributed by atoms with Gasteiger partial charge in [0, 0.05) is 44.4 Å². The van der Waals surface area contributed by atoms with Crippen molar-refractivity contribution in [3.8, 4) is 0 Å². The fraction of sp³-hybridized carbons (Fsp3) is 0.321. The summed E-state index contributed by atoms with van der Waals surface area (Å²) in [6.45, 7) is 1.20. The van der Waals surface area contributed by atoms with Crippen LogP contribution in [0, 0.1) is 5.92 Å². The molecule has 1 amide bonds. The molecular weight excluding hydrogens is 516 g/mol. The van der Waals surface area contributed by atoms with Crippen molar-refractivity contribution in [1.82, 2.24) is 20.0 Å². The van der Waals surface area contributed by atoms with Gasteiger partial charge in [-0.2, -0.15) is 0 Å². The number of nitrogens with one attached hydrogen (secondary N) is 2. The summed E-state index contributed by atoms with van der Waals surface area (Å²) >= 11 is 0. The highest BCUT2D eigenvalue weighted by Crippen LogP contribution is 2.31. The van der Waals surface area contributed by atoms with Gasteiger partial charge in [-0.3, -0.25) is 14.6 Å². The molecule has 2 N–H and O–H groups in total. The maximum atomic E-state index is 13.5. The van der Waals surface area contributed by atoms with Gasteiger partial charge in [0.05, 0.1) is 11.4 Å². The Morgan fingerprint density at radius 2 is 1.85 bits per heavy atom. The molecule has 1 unspecified atom stereocenters. The summed E-state index contributed by atoms with van der Waals surface area (Å²) in [5.41, 5.74) is -1.01. The molecular formula is C28H30N6O4S. The molecule has 3 aromatic rings. The van der Waals surface area contributed by atoms with Crippen molar-refractivity contribution < 1.29 is 18.0 Å². The summed E-state index contributed by atoms with van der Waals surface area (Å²) in [4.78, 5) is 41.0. The van der Waals surface area contributed by atoms with Gasteiger partial charge in [0.15, 0.2) is 5.78 Å². The van der Waals surface area contributed by atoms with Gasteiger partial charge in [0.25, 0.3) is 0 Å². The van der Waals surface area contributed by atoms with Crippen LogP contribution in [-0.2, 0) is 19.6 Å². The average Bonchev–Trinajstić information content (AvgIpc) is 3.46. The van der Waals surface area contributed by atoms with E-state index in [9.17, 15) is 18.0 Å². The van der Waals surface area contributed by atoms with Crippen molar-refractivity contribution in [2.75, 3.05) is 31.1 Å². The van der Waals surface area contributed by atoms with Gasteiger partial charge >= 0.3 is 0 Å². The second-order valence-corrected chi connectivity index (χ2v) is 11.5. The number of rotatable bonds is 10. The molecule has 1 aromatic heterocycles. The van der Waals surface area contributed by atoms with Crippen molar-refractivity contribution in [3.63, 3.8) is 0 Å². The molecule has 202 valence electrons. The number of amides is 1. The largest absolute Gasteiger partial charge is 0.356 e. The zero-order valence-corrected chi connectivity index (χ0v) is 22.2. The number of fused-ring (bicyclic) bond motifs is 1. The number of aliphatic imine (C=N–C) groups is 1. The maximum absolute atomic E-state index is 13.5. The van der Waals surface area contributed by atoms with E-state index in [1.165, 1.54) is 12.4 Å². The molecule has 2 aliphatic rings. The standard InChI is InChI=1S/C28H30N6O4S/c35-26(19-33-39(37,38)24-7-6-21-4-1-2-5-23(21)18-24)30-15-12-28(11-3-13-32-28)27(36)22-9-16-34(17-10-22)25-8-14-29-20-31-25/h1-8,11,13-14,18,20,22,33H,9-10,12,15-17,19H2,(H,30,35). The minimum absolute atomic E-state index is 0.0427. The number of sulfonamides is 1. The molecule has 2 aromatic carbocycles. The second kappa shape index (κ2) is 11.4. The smallest absolute Gasteiger partial charge is 0.241 e. The minimum Gasteiger partial charge on any atom is -0.356 e. The van der Waals surface area contributed by atoms with E-state index in [1.54, 1.807) is 36.7 Å². The number of anilines is 1. The Morgan fingerprint density at radius 3 is 2.56 bits per heavy atom. The van der Waals surface area contributed by atoms with Gasteiger partial charge in [-0.05, 0) is 54.0 Å². The highest BCUT2D eigenvalue weighted by atomic mass is 32.2. The summed E-state index contributed by atoms with van der Waals surface area (Å²) < 4.78 is 27.8. The molecule has 10 nitrogen and oxygen atoms in total. The second-order valence-electron chi connectivity index (χ2n) is 9.69. The lowest BCUT2D eigenvalue weighted by molar-refractivity contribution is -0.127. The summed E-state index contributed by atoms with van der Waals surface area (Å²) in [7, 11) is -3.86. The van der Waals surface area contributed by atoms with Crippen LogP contribution in [0.2, 0.25) is 0 Å². The zero-order valence-electron chi connectivity index (χ0n) is 21.4. The van der Waals surface area contributed by atoms with Crippen molar-refractivity contribution in [3.05, 3.63) is 73.2 Å². The summed E-state index contributed by atoms with van der Waals surface area (Å²) in [6, 6.07) is 14.1. The van der Waals surface area contributed by atoms with Gasteiger partial charge in [-0.1, -0.05) is 30.3 Å². The molecule has 1 atom stereocenters. The number of nitrogens with zero attached hydrogens (tertiary/aromatic N) is 4. The lowest BCUT2D eigenvalue weighted by Crippen LogP contribution is -2.46. The summed E-state index contributed by atoms with van der Waals surface area (Å²) in [6.07, 6.45) is 10.1. The zero-order chi connectivity index (χ0) is 27.3. The van der Waals surface area contributed by atoms with Crippen LogP contribution in [-0.4, -0.2) is 68.0 Å². The van der Waals surface area contributed by atoms with Crippen LogP contribution in [0.25, 0.3) is 10.8 Å². The molecule has 0 radical (unpaired) electrons. The van der Waals surface area contributed by atoms with Crippen molar-refractivity contribution in [2.24, 2.45) is 10.9 Å². The van der Waals surface area contributed by atoms with Crippen LogP contribution < -0.4 is 14.9 Å². The van der Waals surface area contributed by atoms with E-state index in [4.69, 9.17) is 0 Å². The van der Waals surface area contributed by atoms with E-state index in [0.29, 0.717) is 32.4 Å². The van der Waals surface area contributed by atoms with Crippen LogP contribution in [0.5, 0.6) is 0 Å². The lowest BCUT2D eigenvalue weighted by atomic mass is 9.79. The third-order valence-electron chi connectivity index (χ3n) is 7.23. The fourth-order valence-electron chi connectivity index (χ4n) is 5.07. The molecule has 0 aliphatic carbocycles. The number of carbonyl (C=O) groups is 2. The van der Waals surface area contributed by atoms with Gasteiger partial charge in [-0.25, -0.2) is 23.1 Å². The Kier molecular flexibility index (Phi) is 7.80. The molecule has 5 rings (SSSR count). The highest BCUT2D eigenvalue weighted by molar-refractivity contribution is 7.89. The number of piperidine rings is 1. The Hall–Kier alpha value is -3.96. The molecule has 0 spiro atoms. The molecule has 0 saturated carbocycles. The molecule has 39 heavy (non-hydrogen) atoms. The van der Waals surface area contributed by atoms with Crippen LogP contribution in [0.3, 0.4) is 0 Å². The SMILES string of the molecule is O=C(CNS(=O)(=O)c1ccc2ccccc2c1)NCCC1(C(=O)C2CCN(c3ccncn3)CC2)C=CC=N1. The minimum atomic E-state index is -3.86. The molecule has 1 saturated heterocycles. The van der Waals surface area contributed by atoms with E-state index in [-0.39, 0.29) is 23.1 Å². The molecule has 1 fully saturated rings. The Balaban J connectivity index is 1.12. The van der Waals surface area contributed by atoms with E-state index in [0.717, 1.165) is 16.6 Å². The van der Waals surface area contributed by atoms with E-state index >= 15 is 0 Å². The Labute approximate surface area is 227 Å². The fourth-order valence-corrected chi connectivity index (χ4v) is 6.08. The monoisotopic (exact) mass is 546 g/mol. The predicted octanol–water partition coefficient (Wildman–Crippen LogP) is 2.28. The quantitative estimate of drug-likeness (QED) is 0.399. The first-order chi connectivity index (χ1) is 18.9. The van der Waals surface area contributed by atoms with E-state index < -0.39 is 28.0 Å². The number of benzene rings is 2. The molecule has 3 heterocycles. The first-order valence-electron chi connectivity index (χ1n) is 12.9. The van der Waals surface area contributed by atoms with E-state index in [1.807, 2.05) is 30.3 Å². The van der Waals surface area contributed by atoms with Crippen LogP contribution in [0.1, 0.15) is 19.3 Å². The number of hydrogen-bond acceptors (Lipinski definition) is 8. The summed E-state index contributed by atoms with van der Waals surface area (Å²) in [5.74, 6) is 0.267. The Bertz CT molecular complexity index is 1500. The first-order valence-corrected chi connectivity index (χ1v) is 14.4. The van der Waals surface area contributed by atoms with Gasteiger partial charge in [0.2, 0.25) is 15.9 Å². The molecule has 0 bridgehead atoms. The van der Waals surface area contributed by atoms with Crippen molar-refractivity contribution >= 4 is 44.5 Å². The van der Waals surface area contributed by atoms with Gasteiger partial charge < -0.3 is 10.2 Å². The van der Waals surface area contributed by atoms with Crippen molar-refractivity contribution in [2.45, 2.75) is 29.7 Å². The molecule has 2 aliphatic heterocycles. The normalized spacial score (nSPS) is 19.4. The Morgan fingerprint density at radius 1 is 1.05 bits per heavy atom. The number of allylic oxidation sites excluding steroid dienone is 1. The lowest BCUT2D eigenvalue weighted by Gasteiger charge is -2.35. The highest BCUT2D eigenvalue weighted by Gasteiger charge is 2.41. The van der Waals surface area contributed by atoms with Gasteiger partial charge in [-0.15, -0.1) is 0 Å². The number of Topliss-reactive ketones (excluding diaryl/α,β-unsaturated/α-hetero) is 1. The number of hydrogen-bond donors (Lipinski definition) is 2. The topological polar surface area (TPSA) is 134 Å². The van der Waals surface area contributed by atoms with Crippen molar-refractivity contribution in [1.29, 1.82) is 0 Å². The van der Waals surface area contributed by atoms with Gasteiger partial charge in [0.1, 0.15) is 17.7 Å². The number of aromatic nitrogens is 2. The third kappa shape index (κ3) is 6.04. The average molecular weight is 547 g/mol. The predicted molar refractivity (Wildman–Crippen MR) is 149 cm³/mol. The van der Waals surface area contributed by atoms with Crippen LogP contribution >= 0.6 is 0 Å².